The van der Waals surface area contributed by atoms with Crippen molar-refractivity contribution in [2.45, 2.75) is 47.0 Å². The molecule has 0 amide bonds. The van der Waals surface area contributed by atoms with Crippen LogP contribution in [0.1, 0.15) is 47.0 Å². The molecule has 0 N–H and O–H groups in total. The highest BCUT2D eigenvalue weighted by Gasteiger charge is 2.18. The van der Waals surface area contributed by atoms with Crippen LogP contribution in [0, 0.1) is 11.3 Å². The fourth-order valence-corrected chi connectivity index (χ4v) is 2.06. The van der Waals surface area contributed by atoms with Crippen LogP contribution in [0.2, 0.25) is 0 Å². The highest BCUT2D eigenvalue weighted by Crippen LogP contribution is 2.22. The largest absolute Gasteiger partial charge is 0.303 e. The van der Waals surface area contributed by atoms with Gasteiger partial charge in [-0.2, -0.15) is 0 Å². The molecule has 0 unspecified atom stereocenters. The van der Waals surface area contributed by atoms with Crippen LogP contribution in [0.3, 0.4) is 0 Å². The van der Waals surface area contributed by atoms with Crippen LogP contribution in [0.25, 0.3) is 0 Å². The first-order chi connectivity index (χ1) is 5.97. The van der Waals surface area contributed by atoms with E-state index in [1.807, 2.05) is 0 Å². The van der Waals surface area contributed by atoms with Gasteiger partial charge in [-0.15, -0.1) is 0 Å². The fraction of sp³-hybridized carbons (Fsp3) is 1.00. The van der Waals surface area contributed by atoms with Gasteiger partial charge in [-0.3, -0.25) is 0 Å². The third-order valence-corrected chi connectivity index (χ3v) is 2.91. The van der Waals surface area contributed by atoms with Gasteiger partial charge < -0.3 is 4.90 Å². The Morgan fingerprint density at radius 2 is 2.00 bits per heavy atom. The molecule has 13 heavy (non-hydrogen) atoms. The monoisotopic (exact) mass is 183 g/mol. The zero-order valence-corrected chi connectivity index (χ0v) is 9.77. The quantitative estimate of drug-likeness (QED) is 0.649. The Morgan fingerprint density at radius 3 is 2.46 bits per heavy atom. The summed E-state index contributed by atoms with van der Waals surface area (Å²) in [6.45, 7) is 13.4. The standard InChI is InChI=1S/C12H25N/c1-11-6-9-13(10-11)8-5-7-12(2,3)4/h11H,5-10H2,1-4H3/t11-/m0/s1. The molecule has 0 aromatic carbocycles. The van der Waals surface area contributed by atoms with E-state index in [9.17, 15) is 0 Å². The molecule has 0 spiro atoms. The molecule has 1 fully saturated rings. The zero-order valence-electron chi connectivity index (χ0n) is 9.77. The van der Waals surface area contributed by atoms with Crippen LogP contribution in [0.4, 0.5) is 0 Å². The number of hydrogen-bond donors (Lipinski definition) is 0. The van der Waals surface area contributed by atoms with E-state index in [4.69, 9.17) is 0 Å². The van der Waals surface area contributed by atoms with Gasteiger partial charge in [-0.05, 0) is 43.7 Å². The van der Waals surface area contributed by atoms with Crippen molar-refractivity contribution in [2.75, 3.05) is 19.6 Å². The van der Waals surface area contributed by atoms with Gasteiger partial charge in [0.1, 0.15) is 0 Å². The highest BCUT2D eigenvalue weighted by molar-refractivity contribution is 4.72. The molecule has 78 valence electrons. The van der Waals surface area contributed by atoms with Crippen molar-refractivity contribution in [3.05, 3.63) is 0 Å². The summed E-state index contributed by atoms with van der Waals surface area (Å²) in [5.41, 5.74) is 0.519. The summed E-state index contributed by atoms with van der Waals surface area (Å²) < 4.78 is 0. The minimum atomic E-state index is 0.519. The second-order valence-electron chi connectivity index (χ2n) is 5.86. The maximum atomic E-state index is 2.62. The Labute approximate surface area is 83.5 Å². The summed E-state index contributed by atoms with van der Waals surface area (Å²) >= 11 is 0. The molecule has 1 heterocycles. The van der Waals surface area contributed by atoms with Gasteiger partial charge in [0.2, 0.25) is 0 Å². The molecular weight excluding hydrogens is 158 g/mol. The lowest BCUT2D eigenvalue weighted by Gasteiger charge is -2.21. The second-order valence-corrected chi connectivity index (χ2v) is 5.86. The number of likely N-dealkylation sites (tertiary alicyclic amines) is 1. The molecule has 1 aliphatic heterocycles. The Hall–Kier alpha value is -0.0400. The lowest BCUT2D eigenvalue weighted by molar-refractivity contribution is 0.283. The van der Waals surface area contributed by atoms with E-state index in [0.29, 0.717) is 5.41 Å². The Kier molecular flexibility index (Phi) is 3.78. The highest BCUT2D eigenvalue weighted by atomic mass is 15.1. The number of rotatable bonds is 3. The van der Waals surface area contributed by atoms with E-state index in [1.54, 1.807) is 0 Å². The number of nitrogens with zero attached hydrogens (tertiary/aromatic N) is 1. The van der Waals surface area contributed by atoms with Crippen molar-refractivity contribution in [1.29, 1.82) is 0 Å². The minimum absolute atomic E-state index is 0.519. The molecule has 0 saturated carbocycles. The van der Waals surface area contributed by atoms with Gasteiger partial charge in [0.25, 0.3) is 0 Å². The molecule has 1 saturated heterocycles. The van der Waals surface area contributed by atoms with Crippen molar-refractivity contribution in [3.63, 3.8) is 0 Å². The summed E-state index contributed by atoms with van der Waals surface area (Å²) in [7, 11) is 0. The first kappa shape index (κ1) is 11.0. The first-order valence-electron chi connectivity index (χ1n) is 5.70. The van der Waals surface area contributed by atoms with Crippen molar-refractivity contribution >= 4 is 0 Å². The van der Waals surface area contributed by atoms with E-state index in [2.05, 4.69) is 32.6 Å². The minimum Gasteiger partial charge on any atom is -0.303 e. The molecule has 0 radical (unpaired) electrons. The molecule has 1 aliphatic rings. The Bertz CT molecular complexity index is 146. The third-order valence-electron chi connectivity index (χ3n) is 2.91. The van der Waals surface area contributed by atoms with E-state index >= 15 is 0 Å². The van der Waals surface area contributed by atoms with Gasteiger partial charge >= 0.3 is 0 Å². The summed E-state index contributed by atoms with van der Waals surface area (Å²) in [6, 6.07) is 0. The van der Waals surface area contributed by atoms with Crippen LogP contribution in [0.15, 0.2) is 0 Å². The predicted molar refractivity (Wildman–Crippen MR) is 58.9 cm³/mol. The fourth-order valence-electron chi connectivity index (χ4n) is 2.06. The number of hydrogen-bond acceptors (Lipinski definition) is 1. The van der Waals surface area contributed by atoms with Gasteiger partial charge in [0, 0.05) is 6.54 Å². The molecule has 1 atom stereocenters. The van der Waals surface area contributed by atoms with E-state index in [1.165, 1.54) is 38.9 Å². The average Bonchev–Trinajstić information content (AvgIpc) is 2.33. The molecule has 0 aromatic heterocycles. The van der Waals surface area contributed by atoms with Crippen molar-refractivity contribution in [1.82, 2.24) is 4.90 Å². The molecular formula is C12H25N. The zero-order chi connectivity index (χ0) is 9.90. The second kappa shape index (κ2) is 4.45. The summed E-state index contributed by atoms with van der Waals surface area (Å²) in [4.78, 5) is 2.62. The molecule has 0 aromatic rings. The van der Waals surface area contributed by atoms with Crippen LogP contribution in [-0.4, -0.2) is 24.5 Å². The van der Waals surface area contributed by atoms with Gasteiger partial charge in [0.05, 0.1) is 0 Å². The average molecular weight is 183 g/mol. The van der Waals surface area contributed by atoms with Crippen molar-refractivity contribution in [2.24, 2.45) is 11.3 Å². The summed E-state index contributed by atoms with van der Waals surface area (Å²) in [5, 5.41) is 0. The Morgan fingerprint density at radius 1 is 1.31 bits per heavy atom. The van der Waals surface area contributed by atoms with E-state index < -0.39 is 0 Å². The Balaban J connectivity index is 2.07. The lowest BCUT2D eigenvalue weighted by atomic mass is 9.90. The van der Waals surface area contributed by atoms with Crippen molar-refractivity contribution in [3.8, 4) is 0 Å². The lowest BCUT2D eigenvalue weighted by Crippen LogP contribution is -2.22. The van der Waals surface area contributed by atoms with Crippen LogP contribution >= 0.6 is 0 Å². The third kappa shape index (κ3) is 4.66. The first-order valence-corrected chi connectivity index (χ1v) is 5.70. The van der Waals surface area contributed by atoms with Gasteiger partial charge in [-0.1, -0.05) is 27.7 Å². The molecule has 1 rings (SSSR count). The van der Waals surface area contributed by atoms with Crippen molar-refractivity contribution < 1.29 is 0 Å². The predicted octanol–water partition coefficient (Wildman–Crippen LogP) is 3.15. The van der Waals surface area contributed by atoms with Gasteiger partial charge in [-0.25, -0.2) is 0 Å². The summed E-state index contributed by atoms with van der Waals surface area (Å²) in [6.07, 6.45) is 4.14. The maximum absolute atomic E-state index is 2.62. The maximum Gasteiger partial charge on any atom is 0.000750 e. The van der Waals surface area contributed by atoms with E-state index in [0.717, 1.165) is 5.92 Å². The smallest absolute Gasteiger partial charge is 0.000750 e. The molecule has 0 aliphatic carbocycles. The molecule has 1 nitrogen and oxygen atoms in total. The van der Waals surface area contributed by atoms with Gasteiger partial charge in [0.15, 0.2) is 0 Å². The van der Waals surface area contributed by atoms with Crippen LogP contribution < -0.4 is 0 Å². The molecule has 0 bridgehead atoms. The molecule has 1 heteroatoms. The van der Waals surface area contributed by atoms with E-state index in [-0.39, 0.29) is 0 Å². The normalized spacial score (nSPS) is 25.4. The SMILES string of the molecule is C[C@H]1CCN(CCCC(C)(C)C)C1. The summed E-state index contributed by atoms with van der Waals surface area (Å²) in [5.74, 6) is 0.939. The van der Waals surface area contributed by atoms with Crippen LogP contribution in [0.5, 0.6) is 0 Å². The van der Waals surface area contributed by atoms with Crippen LogP contribution in [-0.2, 0) is 0 Å². The topological polar surface area (TPSA) is 3.24 Å².